The highest BCUT2D eigenvalue weighted by molar-refractivity contribution is 5.82. The Morgan fingerprint density at radius 3 is 2.69 bits per heavy atom. The molecule has 4 heterocycles. The molecule has 2 N–H and O–H groups in total. The number of aliphatic hydroxyl groups excluding tert-OH is 1. The normalized spacial score (nSPS) is 42.2. The number of cyclic esters (lactones) is 1. The molecule has 1 amide bonds. The van der Waals surface area contributed by atoms with Crippen molar-refractivity contribution in [3.8, 4) is 0 Å². The number of rotatable bonds is 6. The van der Waals surface area contributed by atoms with Gasteiger partial charge in [-0.25, -0.2) is 0 Å². The maximum atomic E-state index is 13.2. The van der Waals surface area contributed by atoms with E-state index in [0.29, 0.717) is 25.7 Å². The fourth-order valence-corrected chi connectivity index (χ4v) is 5.51. The summed E-state index contributed by atoms with van der Waals surface area (Å²) in [4.78, 5) is 24.7. The minimum absolute atomic E-state index is 0.0101. The third-order valence-electron chi connectivity index (χ3n) is 8.06. The van der Waals surface area contributed by atoms with Crippen molar-refractivity contribution in [1.82, 2.24) is 5.32 Å². The van der Waals surface area contributed by atoms with Crippen molar-refractivity contribution in [3.63, 3.8) is 0 Å². The number of methoxy groups -OCH3 is 1. The largest absolute Gasteiger partial charge is 0.462 e. The van der Waals surface area contributed by atoms with Crippen LogP contribution in [-0.4, -0.2) is 79.5 Å². The van der Waals surface area contributed by atoms with Crippen LogP contribution in [0.15, 0.2) is 12.2 Å². The molecule has 10 nitrogen and oxygen atoms in total. The summed E-state index contributed by atoms with van der Waals surface area (Å²) in [5.41, 5.74) is 0.610. The van der Waals surface area contributed by atoms with Crippen molar-refractivity contribution in [1.29, 1.82) is 0 Å². The van der Waals surface area contributed by atoms with Crippen molar-refractivity contribution in [2.24, 2.45) is 11.3 Å². The molecule has 0 aromatic carbocycles. The van der Waals surface area contributed by atoms with Gasteiger partial charge in [0.05, 0.1) is 18.3 Å². The van der Waals surface area contributed by atoms with Gasteiger partial charge in [0.2, 0.25) is 5.79 Å². The van der Waals surface area contributed by atoms with E-state index in [2.05, 4.69) is 25.7 Å². The van der Waals surface area contributed by atoms with Gasteiger partial charge in [0.1, 0.15) is 19.0 Å². The number of carbonyl (C=O) groups excluding carboxylic acids is 2. The molecule has 0 aromatic rings. The molecule has 4 fully saturated rings. The topological polar surface area (TPSA) is 122 Å². The van der Waals surface area contributed by atoms with Crippen LogP contribution in [0.25, 0.3) is 0 Å². The van der Waals surface area contributed by atoms with Gasteiger partial charge in [-0.3, -0.25) is 9.59 Å². The van der Waals surface area contributed by atoms with Crippen molar-refractivity contribution in [2.75, 3.05) is 13.9 Å². The van der Waals surface area contributed by atoms with E-state index in [9.17, 15) is 14.7 Å². The van der Waals surface area contributed by atoms with Crippen molar-refractivity contribution < 1.29 is 43.1 Å². The van der Waals surface area contributed by atoms with Crippen LogP contribution < -0.4 is 5.32 Å². The van der Waals surface area contributed by atoms with Gasteiger partial charge in [-0.1, -0.05) is 32.9 Å². The van der Waals surface area contributed by atoms with E-state index >= 15 is 0 Å². The lowest BCUT2D eigenvalue weighted by atomic mass is 9.75. The number of hydrogen-bond donors (Lipinski definition) is 2. The Hall–Kier alpha value is -1.56. The van der Waals surface area contributed by atoms with Crippen LogP contribution in [0, 0.1) is 11.3 Å². The summed E-state index contributed by atoms with van der Waals surface area (Å²) in [5, 5.41) is 13.8. The van der Waals surface area contributed by atoms with Crippen molar-refractivity contribution in [3.05, 3.63) is 12.2 Å². The molecular weight excluding hydrogens is 458 g/mol. The first kappa shape index (κ1) is 26.5. The Morgan fingerprint density at radius 1 is 1.31 bits per heavy atom. The summed E-state index contributed by atoms with van der Waals surface area (Å²) in [6, 6.07) is 0. The summed E-state index contributed by atoms with van der Waals surface area (Å²) < 4.78 is 34.9. The van der Waals surface area contributed by atoms with Crippen LogP contribution >= 0.6 is 0 Å². The van der Waals surface area contributed by atoms with Crippen LogP contribution in [0.1, 0.15) is 59.8 Å². The highest BCUT2D eigenvalue weighted by atomic mass is 16.7. The van der Waals surface area contributed by atoms with E-state index in [1.165, 1.54) is 7.11 Å². The van der Waals surface area contributed by atoms with Gasteiger partial charge in [-0.15, -0.1) is 0 Å². The molecule has 0 spiro atoms. The molecule has 0 unspecified atom stereocenters. The van der Waals surface area contributed by atoms with Crippen LogP contribution in [0.4, 0.5) is 0 Å². The fourth-order valence-electron chi connectivity index (χ4n) is 5.51. The van der Waals surface area contributed by atoms with E-state index in [-0.39, 0.29) is 54.9 Å². The number of esters is 1. The number of ether oxygens (including phenoxy) is 6. The molecule has 9 atom stereocenters. The Morgan fingerprint density at radius 2 is 2.06 bits per heavy atom. The Kier molecular flexibility index (Phi) is 7.62. The van der Waals surface area contributed by atoms with Gasteiger partial charge in [0.15, 0.2) is 12.3 Å². The van der Waals surface area contributed by atoms with Crippen molar-refractivity contribution >= 4 is 11.9 Å². The smallest absolute Gasteiger partial charge is 0.306 e. The van der Waals surface area contributed by atoms with Gasteiger partial charge in [0, 0.05) is 32.3 Å². The monoisotopic (exact) mass is 497 g/mol. The fraction of sp³-hybridized carbons (Fsp3) is 0.840. The molecule has 4 aliphatic rings. The molecule has 4 aliphatic heterocycles. The average Bonchev–Trinajstić information content (AvgIpc) is 3.21. The maximum Gasteiger partial charge on any atom is 0.306 e. The highest BCUT2D eigenvalue weighted by Gasteiger charge is 2.53. The lowest BCUT2D eigenvalue weighted by Crippen LogP contribution is -2.65. The van der Waals surface area contributed by atoms with Gasteiger partial charge in [-0.05, 0) is 25.2 Å². The first-order valence-corrected chi connectivity index (χ1v) is 12.4. The lowest BCUT2D eigenvalue weighted by Gasteiger charge is -2.50. The number of nitrogens with one attached hydrogen (secondary N) is 1. The SMILES string of the molecule is C=C1C[C@](OC)([C@H](O)C(=O)N[C@H]2OCO[C@@H]3CC(C)(C)[C@@H](C[C@H]4CCC(=O)O4)O[C@@H]32)O[C@H](C)[C@@H]1C. The summed E-state index contributed by atoms with van der Waals surface area (Å²) >= 11 is 0. The summed E-state index contributed by atoms with van der Waals surface area (Å²) in [6.07, 6.45) is -1.52. The molecule has 10 heteroatoms. The summed E-state index contributed by atoms with van der Waals surface area (Å²) in [5.74, 6) is -2.35. The second kappa shape index (κ2) is 10.1. The first-order chi connectivity index (χ1) is 16.5. The van der Waals surface area contributed by atoms with E-state index in [1.807, 2.05) is 13.8 Å². The second-order valence-electron chi connectivity index (χ2n) is 11.0. The van der Waals surface area contributed by atoms with E-state index in [1.54, 1.807) is 0 Å². The average molecular weight is 498 g/mol. The van der Waals surface area contributed by atoms with E-state index < -0.39 is 30.1 Å². The summed E-state index contributed by atoms with van der Waals surface area (Å²) in [7, 11) is 1.40. The van der Waals surface area contributed by atoms with Gasteiger partial charge < -0.3 is 38.8 Å². The minimum atomic E-state index is -1.61. The highest BCUT2D eigenvalue weighted by Crippen LogP contribution is 2.43. The van der Waals surface area contributed by atoms with Crippen LogP contribution in [0.5, 0.6) is 0 Å². The van der Waals surface area contributed by atoms with Crippen LogP contribution in [0.2, 0.25) is 0 Å². The molecule has 0 aromatic heterocycles. The molecule has 0 aliphatic carbocycles. The lowest BCUT2D eigenvalue weighted by molar-refractivity contribution is -0.306. The molecule has 0 bridgehead atoms. The predicted octanol–water partition coefficient (Wildman–Crippen LogP) is 1.79. The zero-order valence-corrected chi connectivity index (χ0v) is 21.3. The number of carbonyl (C=O) groups is 2. The Balaban J connectivity index is 1.45. The Bertz CT molecular complexity index is 832. The van der Waals surface area contributed by atoms with Crippen LogP contribution in [0.3, 0.4) is 0 Å². The molecule has 0 radical (unpaired) electrons. The molecular formula is C25H39NO9. The second-order valence-corrected chi connectivity index (χ2v) is 11.0. The van der Waals surface area contributed by atoms with E-state index in [0.717, 1.165) is 5.57 Å². The number of hydrogen-bond acceptors (Lipinski definition) is 9. The summed E-state index contributed by atoms with van der Waals surface area (Å²) in [6.45, 7) is 12.1. The molecule has 4 rings (SSSR count). The zero-order chi connectivity index (χ0) is 25.5. The predicted molar refractivity (Wildman–Crippen MR) is 123 cm³/mol. The third kappa shape index (κ3) is 5.28. The van der Waals surface area contributed by atoms with Crippen LogP contribution in [-0.2, 0) is 38.0 Å². The van der Waals surface area contributed by atoms with Gasteiger partial charge in [0.25, 0.3) is 5.91 Å². The molecule has 4 saturated heterocycles. The van der Waals surface area contributed by atoms with Gasteiger partial charge in [-0.2, -0.15) is 0 Å². The number of amides is 1. The maximum absolute atomic E-state index is 13.2. The number of fused-ring (bicyclic) bond motifs is 1. The molecule has 198 valence electrons. The van der Waals surface area contributed by atoms with Gasteiger partial charge >= 0.3 is 5.97 Å². The van der Waals surface area contributed by atoms with Crippen molar-refractivity contribution in [2.45, 2.75) is 108 Å². The quantitative estimate of drug-likeness (QED) is 0.418. The standard InChI is InChI=1S/C25H39NO9/c1-13-10-25(30-6,35-15(3)14(13)2)21(28)22(29)26-23-20-17(31-12-32-23)11-24(4,5)18(34-20)9-16-7-8-19(27)33-16/h14-18,20-21,23,28H,1,7-12H2,2-6H3,(H,26,29)/t14-,15-,16-,17-,18-,20+,21-,23+,25-/m1/s1. The molecule has 0 saturated carbocycles. The first-order valence-electron chi connectivity index (χ1n) is 12.4. The van der Waals surface area contributed by atoms with E-state index in [4.69, 9.17) is 28.4 Å². The Labute approximate surface area is 206 Å². The molecule has 35 heavy (non-hydrogen) atoms. The number of aliphatic hydroxyl groups is 1. The zero-order valence-electron chi connectivity index (χ0n) is 21.3. The minimum Gasteiger partial charge on any atom is -0.462 e. The third-order valence-corrected chi connectivity index (χ3v) is 8.06.